The number of hydrogen-bond acceptors (Lipinski definition) is 4. The van der Waals surface area contributed by atoms with E-state index in [1.807, 2.05) is 6.92 Å². The molecule has 1 aliphatic rings. The molecule has 0 saturated carbocycles. The lowest BCUT2D eigenvalue weighted by atomic mass is 10.1. The smallest absolute Gasteiger partial charge is 0.236 e. The number of piperidine rings is 1. The van der Waals surface area contributed by atoms with Crippen molar-refractivity contribution in [2.45, 2.75) is 51.2 Å². The number of likely N-dealkylation sites (tertiary alicyclic amines) is 1. The molecule has 20 heavy (non-hydrogen) atoms. The van der Waals surface area contributed by atoms with Gasteiger partial charge in [-0.2, -0.15) is 0 Å². The lowest BCUT2D eigenvalue weighted by Crippen LogP contribution is -2.42. The SMILES string of the molecule is CCCC(N)C(=O)NCCCN1CCC(O)CC1.Cl.Cl. The molecule has 1 amide bonds. The fourth-order valence-electron chi connectivity index (χ4n) is 2.23. The van der Waals surface area contributed by atoms with Crippen LogP contribution in [0.5, 0.6) is 0 Å². The number of carbonyl (C=O) groups excluding carboxylic acids is 1. The average Bonchev–Trinajstić information content (AvgIpc) is 2.36. The standard InChI is InChI=1S/C13H27N3O2.2ClH/c1-2-4-12(14)13(18)15-7-3-8-16-9-5-11(17)6-10-16;;/h11-12,17H,2-10,14H2,1H3,(H,15,18);2*1H. The van der Waals surface area contributed by atoms with Crippen LogP contribution in [-0.2, 0) is 4.79 Å². The summed E-state index contributed by atoms with van der Waals surface area (Å²) in [6.45, 7) is 5.62. The Bertz CT molecular complexity index is 250. The number of nitrogens with zero attached hydrogens (tertiary/aromatic N) is 1. The van der Waals surface area contributed by atoms with Crippen LogP contribution in [0.1, 0.15) is 39.0 Å². The molecule has 1 aliphatic heterocycles. The van der Waals surface area contributed by atoms with E-state index in [0.29, 0.717) is 6.54 Å². The second-order valence-electron chi connectivity index (χ2n) is 5.11. The Hall–Kier alpha value is -0.0700. The largest absolute Gasteiger partial charge is 0.393 e. The molecular formula is C13H29Cl2N3O2. The highest BCUT2D eigenvalue weighted by molar-refractivity contribution is 5.85. The van der Waals surface area contributed by atoms with Gasteiger partial charge in [0.1, 0.15) is 0 Å². The van der Waals surface area contributed by atoms with Gasteiger partial charge in [-0.1, -0.05) is 13.3 Å². The minimum atomic E-state index is -0.361. The molecule has 5 nitrogen and oxygen atoms in total. The molecule has 0 aliphatic carbocycles. The first kappa shape index (κ1) is 22.2. The van der Waals surface area contributed by atoms with Gasteiger partial charge >= 0.3 is 0 Å². The molecule has 1 fully saturated rings. The van der Waals surface area contributed by atoms with E-state index in [-0.39, 0.29) is 42.9 Å². The van der Waals surface area contributed by atoms with E-state index in [4.69, 9.17) is 5.73 Å². The molecule has 0 aromatic heterocycles. The zero-order chi connectivity index (χ0) is 13.4. The Kier molecular flexibility index (Phi) is 14.1. The summed E-state index contributed by atoms with van der Waals surface area (Å²) in [7, 11) is 0. The topological polar surface area (TPSA) is 78.6 Å². The fourth-order valence-corrected chi connectivity index (χ4v) is 2.23. The molecule has 1 heterocycles. The molecular weight excluding hydrogens is 301 g/mol. The summed E-state index contributed by atoms with van der Waals surface area (Å²) in [5.41, 5.74) is 5.72. The van der Waals surface area contributed by atoms with Crippen LogP contribution in [0.15, 0.2) is 0 Å². The Morgan fingerprint density at radius 2 is 2.00 bits per heavy atom. The Balaban J connectivity index is 0. The second kappa shape index (κ2) is 12.7. The van der Waals surface area contributed by atoms with Crippen LogP contribution in [0.3, 0.4) is 0 Å². The quantitative estimate of drug-likeness (QED) is 0.607. The highest BCUT2D eigenvalue weighted by Gasteiger charge is 2.16. The van der Waals surface area contributed by atoms with Crippen LogP contribution >= 0.6 is 24.8 Å². The number of aliphatic hydroxyl groups is 1. The number of halogens is 2. The van der Waals surface area contributed by atoms with E-state index >= 15 is 0 Å². The summed E-state index contributed by atoms with van der Waals surface area (Å²) in [5.74, 6) is -0.0362. The molecule has 0 aromatic rings. The zero-order valence-corrected chi connectivity index (χ0v) is 13.8. The number of carbonyl (C=O) groups is 1. The summed E-state index contributed by atoms with van der Waals surface area (Å²) in [4.78, 5) is 13.9. The van der Waals surface area contributed by atoms with Crippen molar-refractivity contribution in [3.8, 4) is 0 Å². The molecule has 1 atom stereocenters. The molecule has 0 bridgehead atoms. The Morgan fingerprint density at radius 1 is 1.40 bits per heavy atom. The lowest BCUT2D eigenvalue weighted by molar-refractivity contribution is -0.122. The van der Waals surface area contributed by atoms with Gasteiger partial charge in [-0.05, 0) is 32.2 Å². The van der Waals surface area contributed by atoms with Crippen LogP contribution < -0.4 is 11.1 Å². The molecule has 4 N–H and O–H groups in total. The molecule has 1 saturated heterocycles. The average molecular weight is 330 g/mol. The van der Waals surface area contributed by atoms with Crippen molar-refractivity contribution >= 4 is 30.7 Å². The lowest BCUT2D eigenvalue weighted by Gasteiger charge is -2.29. The number of amides is 1. The van der Waals surface area contributed by atoms with Gasteiger partial charge in [-0.3, -0.25) is 4.79 Å². The maximum Gasteiger partial charge on any atom is 0.236 e. The maximum atomic E-state index is 11.5. The molecule has 0 radical (unpaired) electrons. The predicted molar refractivity (Wildman–Crippen MR) is 86.7 cm³/mol. The number of nitrogens with two attached hydrogens (primary N) is 1. The van der Waals surface area contributed by atoms with Crippen LogP contribution in [0.25, 0.3) is 0 Å². The monoisotopic (exact) mass is 329 g/mol. The van der Waals surface area contributed by atoms with E-state index in [2.05, 4.69) is 10.2 Å². The van der Waals surface area contributed by atoms with Crippen molar-refractivity contribution in [3.63, 3.8) is 0 Å². The van der Waals surface area contributed by atoms with Crippen molar-refractivity contribution in [1.29, 1.82) is 0 Å². The minimum Gasteiger partial charge on any atom is -0.393 e. The van der Waals surface area contributed by atoms with Crippen LogP contribution in [0, 0.1) is 0 Å². The van der Waals surface area contributed by atoms with Gasteiger partial charge in [0.15, 0.2) is 0 Å². The summed E-state index contributed by atoms with van der Waals surface area (Å²) < 4.78 is 0. The van der Waals surface area contributed by atoms with Crippen molar-refractivity contribution in [2.75, 3.05) is 26.2 Å². The molecule has 7 heteroatoms. The molecule has 1 unspecified atom stereocenters. The highest BCUT2D eigenvalue weighted by Crippen LogP contribution is 2.09. The zero-order valence-electron chi connectivity index (χ0n) is 12.2. The molecule has 0 spiro atoms. The van der Waals surface area contributed by atoms with E-state index in [0.717, 1.165) is 51.7 Å². The summed E-state index contributed by atoms with van der Waals surface area (Å²) in [6, 6.07) is -0.361. The first-order valence-corrected chi connectivity index (χ1v) is 7.07. The first-order chi connectivity index (χ1) is 8.63. The second-order valence-corrected chi connectivity index (χ2v) is 5.11. The minimum absolute atomic E-state index is 0. The van der Waals surface area contributed by atoms with Gasteiger partial charge in [0.25, 0.3) is 0 Å². The molecule has 1 rings (SSSR count). The van der Waals surface area contributed by atoms with Gasteiger partial charge in [0.05, 0.1) is 12.1 Å². The van der Waals surface area contributed by atoms with Gasteiger partial charge < -0.3 is 21.1 Å². The maximum absolute atomic E-state index is 11.5. The van der Waals surface area contributed by atoms with Crippen LogP contribution in [0.4, 0.5) is 0 Å². The van der Waals surface area contributed by atoms with Gasteiger partial charge in [-0.15, -0.1) is 24.8 Å². The van der Waals surface area contributed by atoms with Crippen molar-refractivity contribution in [2.24, 2.45) is 5.73 Å². The van der Waals surface area contributed by atoms with Crippen molar-refractivity contribution in [1.82, 2.24) is 10.2 Å². The highest BCUT2D eigenvalue weighted by atomic mass is 35.5. The van der Waals surface area contributed by atoms with E-state index in [1.54, 1.807) is 0 Å². The number of rotatable bonds is 7. The Morgan fingerprint density at radius 3 is 2.55 bits per heavy atom. The van der Waals surface area contributed by atoms with E-state index in [1.165, 1.54) is 0 Å². The summed E-state index contributed by atoms with van der Waals surface area (Å²) >= 11 is 0. The number of hydrogen-bond donors (Lipinski definition) is 3. The van der Waals surface area contributed by atoms with Crippen LogP contribution in [0.2, 0.25) is 0 Å². The normalized spacial score (nSPS) is 17.8. The van der Waals surface area contributed by atoms with Gasteiger partial charge in [0, 0.05) is 19.6 Å². The molecule has 0 aromatic carbocycles. The summed E-state index contributed by atoms with van der Waals surface area (Å²) in [6.07, 6.45) is 4.25. The van der Waals surface area contributed by atoms with Gasteiger partial charge in [-0.25, -0.2) is 0 Å². The third kappa shape index (κ3) is 8.97. The van der Waals surface area contributed by atoms with Gasteiger partial charge in [0.2, 0.25) is 5.91 Å². The molecule has 122 valence electrons. The predicted octanol–water partition coefficient (Wildman–Crippen LogP) is 0.920. The summed E-state index contributed by atoms with van der Waals surface area (Å²) in [5, 5.41) is 12.3. The van der Waals surface area contributed by atoms with E-state index < -0.39 is 0 Å². The van der Waals surface area contributed by atoms with Crippen molar-refractivity contribution in [3.05, 3.63) is 0 Å². The Labute approximate surface area is 134 Å². The fraction of sp³-hybridized carbons (Fsp3) is 0.923. The third-order valence-electron chi connectivity index (χ3n) is 3.44. The third-order valence-corrected chi connectivity index (χ3v) is 3.44. The van der Waals surface area contributed by atoms with Crippen molar-refractivity contribution < 1.29 is 9.90 Å². The van der Waals surface area contributed by atoms with E-state index in [9.17, 15) is 9.90 Å². The van der Waals surface area contributed by atoms with Crippen LogP contribution in [-0.4, -0.2) is 54.2 Å². The number of aliphatic hydroxyl groups excluding tert-OH is 1. The first-order valence-electron chi connectivity index (χ1n) is 7.07. The number of nitrogens with one attached hydrogen (secondary N) is 1.